The van der Waals surface area contributed by atoms with Gasteiger partial charge in [0.1, 0.15) is 22.8 Å². The number of hydrogen-bond donors (Lipinski definition) is 7. The first-order chi connectivity index (χ1) is 13.5. The highest BCUT2D eigenvalue weighted by Gasteiger charge is 2.63. The third kappa shape index (κ3) is 2.21. The van der Waals surface area contributed by atoms with Crippen LogP contribution in [0.4, 0.5) is 5.69 Å². The summed E-state index contributed by atoms with van der Waals surface area (Å²) in [6, 6.07) is 1.60. The number of fused-ring (bicyclic) bond motifs is 3. The Morgan fingerprint density at radius 2 is 1.83 bits per heavy atom. The molecule has 0 aromatic heterocycles. The number of phenolic OH excluding ortho intramolecular Hbond substituents is 1. The normalized spacial score (nSPS) is 31.3. The van der Waals surface area contributed by atoms with Gasteiger partial charge in [0.05, 0.1) is 17.3 Å². The Morgan fingerprint density at radius 1 is 1.17 bits per heavy atom. The molecule has 0 bridgehead atoms. The van der Waals surface area contributed by atoms with Gasteiger partial charge in [0, 0.05) is 11.5 Å². The molecule has 3 aliphatic rings. The summed E-state index contributed by atoms with van der Waals surface area (Å²) < 4.78 is 0. The molecule has 0 radical (unpaired) electrons. The fourth-order valence-corrected chi connectivity index (χ4v) is 4.71. The van der Waals surface area contributed by atoms with Crippen molar-refractivity contribution in [1.29, 1.82) is 0 Å². The van der Waals surface area contributed by atoms with Gasteiger partial charge in [-0.2, -0.15) is 0 Å². The van der Waals surface area contributed by atoms with Crippen molar-refractivity contribution in [3.63, 3.8) is 0 Å². The number of aliphatic hydroxyl groups excluding tert-OH is 2. The lowest BCUT2D eigenvalue weighted by Gasteiger charge is -2.48. The second-order valence-corrected chi connectivity index (χ2v) is 7.62. The van der Waals surface area contributed by atoms with Crippen molar-refractivity contribution in [2.24, 2.45) is 23.3 Å². The lowest BCUT2D eigenvalue weighted by Crippen LogP contribution is -2.65. The predicted molar refractivity (Wildman–Crippen MR) is 99.2 cm³/mol. The minimum Gasteiger partial charge on any atom is -0.508 e. The molecule has 10 heteroatoms. The van der Waals surface area contributed by atoms with Crippen molar-refractivity contribution in [2.75, 3.05) is 5.73 Å². The van der Waals surface area contributed by atoms with Gasteiger partial charge in [-0.15, -0.1) is 0 Å². The molecule has 10 nitrogen and oxygen atoms in total. The highest BCUT2D eigenvalue weighted by molar-refractivity contribution is 6.24. The molecular weight excluding hydrogens is 382 g/mol. The topological polar surface area (TPSA) is 210 Å². The summed E-state index contributed by atoms with van der Waals surface area (Å²) in [7, 11) is 0. The minimum atomic E-state index is -2.70. The zero-order valence-corrected chi connectivity index (χ0v) is 15.0. The lowest BCUT2D eigenvalue weighted by molar-refractivity contribution is -0.149. The smallest absolute Gasteiger partial charge is 0.255 e. The van der Waals surface area contributed by atoms with Crippen LogP contribution in [0.15, 0.2) is 29.0 Å². The van der Waals surface area contributed by atoms with Crippen LogP contribution in [0.5, 0.6) is 5.75 Å². The molecule has 1 saturated carbocycles. The Labute approximate surface area is 163 Å². The third-order valence-corrected chi connectivity index (χ3v) is 6.15. The maximum atomic E-state index is 13.3. The first kappa shape index (κ1) is 19.0. The van der Waals surface area contributed by atoms with Crippen molar-refractivity contribution >= 4 is 28.9 Å². The molecule has 10 N–H and O–H groups in total. The first-order valence-electron chi connectivity index (χ1n) is 8.86. The highest BCUT2D eigenvalue weighted by Crippen LogP contribution is 2.52. The summed E-state index contributed by atoms with van der Waals surface area (Å²) in [5, 5.41) is 42.6. The van der Waals surface area contributed by atoms with E-state index in [4.69, 9.17) is 17.2 Å². The summed E-state index contributed by atoms with van der Waals surface area (Å²) in [6.45, 7) is 0. The van der Waals surface area contributed by atoms with Crippen LogP contribution in [-0.4, -0.2) is 49.5 Å². The van der Waals surface area contributed by atoms with E-state index in [1.165, 1.54) is 6.07 Å². The molecule has 1 aromatic rings. The van der Waals surface area contributed by atoms with Gasteiger partial charge in [-0.05, 0) is 30.4 Å². The quantitative estimate of drug-likeness (QED) is 0.173. The van der Waals surface area contributed by atoms with Gasteiger partial charge in [0.15, 0.2) is 11.4 Å². The van der Waals surface area contributed by atoms with Crippen molar-refractivity contribution < 1.29 is 34.8 Å². The summed E-state index contributed by atoms with van der Waals surface area (Å²) in [5.74, 6) is -7.44. The Hall–Kier alpha value is -3.37. The molecule has 1 aromatic carbocycles. The number of amides is 1. The van der Waals surface area contributed by atoms with Crippen molar-refractivity contribution in [3.8, 4) is 5.75 Å². The summed E-state index contributed by atoms with van der Waals surface area (Å²) >= 11 is 0. The number of carbonyl (C=O) groups excluding carboxylic acids is 3. The van der Waals surface area contributed by atoms with Crippen LogP contribution in [0.25, 0.3) is 5.76 Å². The number of primary amides is 1. The molecule has 3 aliphatic carbocycles. The van der Waals surface area contributed by atoms with Crippen LogP contribution >= 0.6 is 0 Å². The molecular formula is C19H19N3O7. The van der Waals surface area contributed by atoms with E-state index in [2.05, 4.69) is 0 Å². The number of aliphatic hydroxyl groups is 3. The number of Topliss-reactive ketones (excluding diaryl/α,β-unsaturated/α-hetero) is 2. The summed E-state index contributed by atoms with van der Waals surface area (Å²) in [4.78, 5) is 37.3. The Morgan fingerprint density at radius 3 is 2.45 bits per heavy atom. The first-order valence-corrected chi connectivity index (χ1v) is 8.86. The van der Waals surface area contributed by atoms with Crippen LogP contribution < -0.4 is 17.2 Å². The molecule has 0 spiro atoms. The van der Waals surface area contributed by atoms with Gasteiger partial charge in [-0.1, -0.05) is 6.07 Å². The van der Waals surface area contributed by atoms with Gasteiger partial charge >= 0.3 is 0 Å². The molecule has 0 unspecified atom stereocenters. The molecule has 1 fully saturated rings. The lowest BCUT2D eigenvalue weighted by atomic mass is 9.58. The fraction of sp³-hybridized carbons (Fsp3) is 0.316. The summed E-state index contributed by atoms with van der Waals surface area (Å²) in [6.07, 6.45) is 0.171. The second-order valence-electron chi connectivity index (χ2n) is 7.62. The maximum Gasteiger partial charge on any atom is 0.255 e. The minimum absolute atomic E-state index is 0.0155. The second kappa shape index (κ2) is 5.82. The fourth-order valence-electron chi connectivity index (χ4n) is 4.71. The molecule has 29 heavy (non-hydrogen) atoms. The number of anilines is 1. The summed E-state index contributed by atoms with van der Waals surface area (Å²) in [5.41, 5.74) is 13.3. The van der Waals surface area contributed by atoms with Crippen LogP contribution in [0.1, 0.15) is 17.5 Å². The Kier molecular flexibility index (Phi) is 3.80. The van der Waals surface area contributed by atoms with Crippen LogP contribution in [0.2, 0.25) is 0 Å². The molecule has 0 aliphatic heterocycles. The van der Waals surface area contributed by atoms with Crippen molar-refractivity contribution in [3.05, 3.63) is 40.2 Å². The number of nitrogen functional groups attached to an aromatic ring is 1. The largest absolute Gasteiger partial charge is 0.508 e. The van der Waals surface area contributed by atoms with E-state index in [1.54, 1.807) is 6.07 Å². The number of hydrogen-bond acceptors (Lipinski definition) is 9. The third-order valence-electron chi connectivity index (χ3n) is 6.15. The van der Waals surface area contributed by atoms with Gasteiger partial charge in [-0.3, -0.25) is 14.4 Å². The number of ketones is 2. The Bertz CT molecular complexity index is 1070. The van der Waals surface area contributed by atoms with E-state index in [0.29, 0.717) is 5.56 Å². The van der Waals surface area contributed by atoms with Gasteiger partial charge < -0.3 is 37.6 Å². The molecule has 0 heterocycles. The van der Waals surface area contributed by atoms with E-state index in [1.807, 2.05) is 0 Å². The van der Waals surface area contributed by atoms with Gasteiger partial charge in [0.25, 0.3) is 5.91 Å². The zero-order valence-electron chi connectivity index (χ0n) is 15.0. The van der Waals surface area contributed by atoms with E-state index in [-0.39, 0.29) is 29.7 Å². The standard InChI is InChI=1S/C19H19N3O7/c20-8-2-1-5-3-6-4-7-12(21)15(25)11(18(22)28)17(27)19(7,29)16(26)10(6)14(24)9(5)13(8)23/h1-2,6-7,12,23-24,27,29H,3-4,20-21H2,(H2,22,28)/t6-,7-,12-,19-/m0/s1. The zero-order chi connectivity index (χ0) is 21.4. The van der Waals surface area contributed by atoms with E-state index in [0.717, 1.165) is 0 Å². The maximum absolute atomic E-state index is 13.3. The van der Waals surface area contributed by atoms with Crippen LogP contribution in [0, 0.1) is 11.8 Å². The average Bonchev–Trinajstić information content (AvgIpc) is 2.65. The average molecular weight is 401 g/mol. The molecule has 4 rings (SSSR count). The monoisotopic (exact) mass is 401 g/mol. The molecule has 0 saturated heterocycles. The number of phenols is 1. The van der Waals surface area contributed by atoms with Gasteiger partial charge in [-0.25, -0.2) is 0 Å². The SMILES string of the molecule is NC(=O)C1=C(O)[C@@]2(O)C(=O)C3=C(O)c4c(ccc(N)c4O)C[C@H]3C[C@H]2[C@H](N)C1=O. The van der Waals surface area contributed by atoms with E-state index >= 15 is 0 Å². The van der Waals surface area contributed by atoms with Crippen molar-refractivity contribution in [2.45, 2.75) is 24.5 Å². The number of benzene rings is 1. The van der Waals surface area contributed by atoms with E-state index < -0.39 is 63.8 Å². The number of aromatic hydroxyl groups is 1. The highest BCUT2D eigenvalue weighted by atomic mass is 16.3. The van der Waals surface area contributed by atoms with Crippen molar-refractivity contribution in [1.82, 2.24) is 0 Å². The van der Waals surface area contributed by atoms with Gasteiger partial charge in [0.2, 0.25) is 5.78 Å². The van der Waals surface area contributed by atoms with Crippen LogP contribution in [0.3, 0.4) is 0 Å². The number of carbonyl (C=O) groups is 3. The van der Waals surface area contributed by atoms with E-state index in [9.17, 15) is 34.8 Å². The molecule has 4 atom stereocenters. The molecule has 152 valence electrons. The van der Waals surface area contributed by atoms with Crippen LogP contribution in [-0.2, 0) is 20.8 Å². The predicted octanol–water partition coefficient (Wildman–Crippen LogP) is -1.06. The number of nitrogens with two attached hydrogens (primary N) is 3. The Balaban J connectivity index is 1.97. The number of rotatable bonds is 1. The molecule has 1 amide bonds.